The Bertz CT molecular complexity index is 390. The minimum absolute atomic E-state index is 0.251. The fourth-order valence-corrected chi connectivity index (χ4v) is 2.55. The summed E-state index contributed by atoms with van der Waals surface area (Å²) in [6.07, 6.45) is 2.36. The molecule has 3 nitrogen and oxygen atoms in total. The van der Waals surface area contributed by atoms with Gasteiger partial charge in [0.2, 0.25) is 0 Å². The van der Waals surface area contributed by atoms with Gasteiger partial charge in [-0.3, -0.25) is 4.79 Å². The highest BCUT2D eigenvalue weighted by molar-refractivity contribution is 5.81. The van der Waals surface area contributed by atoms with Crippen LogP contribution in [0, 0.1) is 0 Å². The van der Waals surface area contributed by atoms with Crippen molar-refractivity contribution in [2.75, 3.05) is 6.61 Å². The lowest BCUT2D eigenvalue weighted by molar-refractivity contribution is -0.149. The lowest BCUT2D eigenvalue weighted by atomic mass is 9.93. The SMILES string of the molecule is CCOC(=O)C1(N)CCC(c2ccccc2)C1. The third kappa shape index (κ3) is 2.50. The second kappa shape index (κ2) is 4.88. The van der Waals surface area contributed by atoms with Crippen LogP contribution < -0.4 is 5.73 Å². The van der Waals surface area contributed by atoms with Gasteiger partial charge in [0.15, 0.2) is 0 Å². The van der Waals surface area contributed by atoms with Crippen molar-refractivity contribution >= 4 is 5.97 Å². The summed E-state index contributed by atoms with van der Waals surface area (Å²) in [7, 11) is 0. The van der Waals surface area contributed by atoms with E-state index in [0.29, 0.717) is 25.4 Å². The van der Waals surface area contributed by atoms with Crippen LogP contribution in [-0.2, 0) is 9.53 Å². The van der Waals surface area contributed by atoms with E-state index in [2.05, 4.69) is 12.1 Å². The number of esters is 1. The third-order valence-corrected chi connectivity index (χ3v) is 3.50. The lowest BCUT2D eigenvalue weighted by Gasteiger charge is -2.21. The molecule has 2 rings (SSSR count). The van der Waals surface area contributed by atoms with Gasteiger partial charge in [0, 0.05) is 0 Å². The summed E-state index contributed by atoms with van der Waals surface area (Å²) in [5, 5.41) is 0. The van der Waals surface area contributed by atoms with Gasteiger partial charge in [-0.05, 0) is 37.7 Å². The van der Waals surface area contributed by atoms with Crippen LogP contribution >= 0.6 is 0 Å². The van der Waals surface area contributed by atoms with Crippen molar-refractivity contribution in [3.05, 3.63) is 35.9 Å². The zero-order chi connectivity index (χ0) is 12.3. The summed E-state index contributed by atoms with van der Waals surface area (Å²) >= 11 is 0. The number of carbonyl (C=O) groups excluding carboxylic acids is 1. The summed E-state index contributed by atoms with van der Waals surface area (Å²) in [6, 6.07) is 10.2. The van der Waals surface area contributed by atoms with Gasteiger partial charge in [0.05, 0.1) is 6.61 Å². The van der Waals surface area contributed by atoms with Crippen molar-refractivity contribution in [1.82, 2.24) is 0 Å². The van der Waals surface area contributed by atoms with E-state index in [-0.39, 0.29) is 5.97 Å². The maximum atomic E-state index is 11.8. The molecule has 0 amide bonds. The first-order chi connectivity index (χ1) is 8.15. The maximum absolute atomic E-state index is 11.8. The standard InChI is InChI=1S/C14H19NO2/c1-2-17-13(16)14(15)9-8-12(10-14)11-6-4-3-5-7-11/h3-7,12H,2,8-10,15H2,1H3. The number of rotatable bonds is 3. The Hall–Kier alpha value is -1.35. The Morgan fingerprint density at radius 3 is 2.82 bits per heavy atom. The molecule has 0 bridgehead atoms. The normalized spacial score (nSPS) is 28.0. The zero-order valence-corrected chi connectivity index (χ0v) is 10.2. The molecule has 2 unspecified atom stereocenters. The average Bonchev–Trinajstić information content (AvgIpc) is 2.75. The number of nitrogens with two attached hydrogens (primary N) is 1. The van der Waals surface area contributed by atoms with Crippen molar-refractivity contribution in [2.45, 2.75) is 37.6 Å². The Morgan fingerprint density at radius 2 is 2.18 bits per heavy atom. The van der Waals surface area contributed by atoms with E-state index >= 15 is 0 Å². The molecule has 17 heavy (non-hydrogen) atoms. The molecule has 1 aliphatic carbocycles. The molecule has 1 saturated carbocycles. The molecule has 0 heterocycles. The van der Waals surface area contributed by atoms with Crippen LogP contribution in [0.3, 0.4) is 0 Å². The van der Waals surface area contributed by atoms with E-state index in [1.54, 1.807) is 0 Å². The van der Waals surface area contributed by atoms with E-state index in [1.165, 1.54) is 5.56 Å². The van der Waals surface area contributed by atoms with Crippen molar-refractivity contribution in [3.8, 4) is 0 Å². The second-order valence-corrected chi connectivity index (χ2v) is 4.73. The molecule has 2 N–H and O–H groups in total. The number of benzene rings is 1. The molecule has 92 valence electrons. The van der Waals surface area contributed by atoms with Gasteiger partial charge in [-0.1, -0.05) is 30.3 Å². The molecule has 2 atom stereocenters. The second-order valence-electron chi connectivity index (χ2n) is 4.73. The highest BCUT2D eigenvalue weighted by Gasteiger charge is 2.43. The molecule has 1 aliphatic rings. The summed E-state index contributed by atoms with van der Waals surface area (Å²) in [6.45, 7) is 2.21. The van der Waals surface area contributed by atoms with Crippen LogP contribution in [0.4, 0.5) is 0 Å². The zero-order valence-electron chi connectivity index (χ0n) is 10.2. The summed E-state index contributed by atoms with van der Waals surface area (Å²) < 4.78 is 5.05. The first-order valence-corrected chi connectivity index (χ1v) is 6.17. The van der Waals surface area contributed by atoms with Crippen LogP contribution in [0.25, 0.3) is 0 Å². The molecule has 0 aromatic heterocycles. The van der Waals surface area contributed by atoms with Crippen LogP contribution in [0.2, 0.25) is 0 Å². The predicted octanol–water partition coefficient (Wildman–Crippen LogP) is 2.21. The lowest BCUT2D eigenvalue weighted by Crippen LogP contribution is -2.46. The van der Waals surface area contributed by atoms with E-state index in [1.807, 2.05) is 25.1 Å². The molecular weight excluding hydrogens is 214 g/mol. The van der Waals surface area contributed by atoms with E-state index in [4.69, 9.17) is 10.5 Å². The fourth-order valence-electron chi connectivity index (χ4n) is 2.55. The van der Waals surface area contributed by atoms with Gasteiger partial charge in [-0.25, -0.2) is 0 Å². The van der Waals surface area contributed by atoms with Crippen LogP contribution in [-0.4, -0.2) is 18.1 Å². The van der Waals surface area contributed by atoms with E-state index in [0.717, 1.165) is 6.42 Å². The monoisotopic (exact) mass is 233 g/mol. The Balaban J connectivity index is 2.07. The maximum Gasteiger partial charge on any atom is 0.326 e. The van der Waals surface area contributed by atoms with Crippen molar-refractivity contribution in [2.24, 2.45) is 5.73 Å². The van der Waals surface area contributed by atoms with Crippen LogP contribution in [0.1, 0.15) is 37.7 Å². The van der Waals surface area contributed by atoms with Gasteiger partial charge < -0.3 is 10.5 Å². The minimum atomic E-state index is -0.781. The fraction of sp³-hybridized carbons (Fsp3) is 0.500. The van der Waals surface area contributed by atoms with Gasteiger partial charge in [0.25, 0.3) is 0 Å². The topological polar surface area (TPSA) is 52.3 Å². The van der Waals surface area contributed by atoms with Crippen molar-refractivity contribution in [1.29, 1.82) is 0 Å². The molecular formula is C14H19NO2. The average molecular weight is 233 g/mol. The molecule has 0 saturated heterocycles. The highest BCUT2D eigenvalue weighted by Crippen LogP contribution is 2.40. The predicted molar refractivity (Wildman–Crippen MR) is 66.6 cm³/mol. The first-order valence-electron chi connectivity index (χ1n) is 6.17. The minimum Gasteiger partial charge on any atom is -0.465 e. The Kier molecular flexibility index (Phi) is 3.48. The summed E-state index contributed by atoms with van der Waals surface area (Å²) in [4.78, 5) is 11.8. The summed E-state index contributed by atoms with van der Waals surface area (Å²) in [5.74, 6) is 0.129. The number of hydrogen-bond acceptors (Lipinski definition) is 3. The highest BCUT2D eigenvalue weighted by atomic mass is 16.5. The first kappa shape index (κ1) is 12.1. The van der Waals surface area contributed by atoms with Crippen LogP contribution in [0.5, 0.6) is 0 Å². The van der Waals surface area contributed by atoms with E-state index in [9.17, 15) is 4.79 Å². The number of carbonyl (C=O) groups is 1. The van der Waals surface area contributed by atoms with Crippen LogP contribution in [0.15, 0.2) is 30.3 Å². The quantitative estimate of drug-likeness (QED) is 0.814. The van der Waals surface area contributed by atoms with Gasteiger partial charge in [-0.2, -0.15) is 0 Å². The number of ether oxygens (including phenoxy) is 1. The summed E-state index contributed by atoms with van der Waals surface area (Å²) in [5.41, 5.74) is 6.63. The van der Waals surface area contributed by atoms with Crippen molar-refractivity contribution < 1.29 is 9.53 Å². The van der Waals surface area contributed by atoms with Gasteiger partial charge in [0.1, 0.15) is 5.54 Å². The molecule has 1 aromatic rings. The van der Waals surface area contributed by atoms with E-state index < -0.39 is 5.54 Å². The molecule has 0 spiro atoms. The Morgan fingerprint density at radius 1 is 1.47 bits per heavy atom. The third-order valence-electron chi connectivity index (χ3n) is 3.50. The molecule has 3 heteroatoms. The molecule has 0 aliphatic heterocycles. The largest absolute Gasteiger partial charge is 0.465 e. The van der Waals surface area contributed by atoms with Gasteiger partial charge >= 0.3 is 5.97 Å². The molecule has 0 radical (unpaired) electrons. The smallest absolute Gasteiger partial charge is 0.326 e. The van der Waals surface area contributed by atoms with Crippen molar-refractivity contribution in [3.63, 3.8) is 0 Å². The van der Waals surface area contributed by atoms with Gasteiger partial charge in [-0.15, -0.1) is 0 Å². The Labute approximate surface area is 102 Å². The molecule has 1 aromatic carbocycles. The molecule has 1 fully saturated rings. The number of hydrogen-bond donors (Lipinski definition) is 1.